The van der Waals surface area contributed by atoms with Crippen LogP contribution in [0, 0.1) is 0 Å². The number of esters is 3. The molecule has 0 bridgehead atoms. The van der Waals surface area contributed by atoms with Gasteiger partial charge < -0.3 is 14.2 Å². The zero-order valence-corrected chi connectivity index (χ0v) is 38.8. The smallest absolute Gasteiger partial charge is 0.306 e. The maximum atomic E-state index is 12.8. The molecule has 0 aromatic carbocycles. The second-order valence-corrected chi connectivity index (χ2v) is 16.3. The molecule has 0 aromatic heterocycles. The Morgan fingerprint density at radius 2 is 0.661 bits per heavy atom. The van der Waals surface area contributed by atoms with Gasteiger partial charge in [-0.3, -0.25) is 14.4 Å². The summed E-state index contributed by atoms with van der Waals surface area (Å²) >= 11 is 0. The van der Waals surface area contributed by atoms with Crippen molar-refractivity contribution in [3.05, 3.63) is 60.8 Å². The number of ether oxygens (including phenoxy) is 3. The third-order valence-electron chi connectivity index (χ3n) is 10.5. The average Bonchev–Trinajstić information content (AvgIpc) is 3.23. The minimum atomic E-state index is -0.792. The van der Waals surface area contributed by atoms with Gasteiger partial charge in [0.15, 0.2) is 6.10 Å². The third-order valence-corrected chi connectivity index (χ3v) is 10.5. The lowest BCUT2D eigenvalue weighted by molar-refractivity contribution is -0.167. The highest BCUT2D eigenvalue weighted by atomic mass is 16.6. The molecule has 0 aliphatic rings. The summed E-state index contributed by atoms with van der Waals surface area (Å²) in [6, 6.07) is 0. The third kappa shape index (κ3) is 46.0. The minimum absolute atomic E-state index is 0.0890. The summed E-state index contributed by atoms with van der Waals surface area (Å²) in [5, 5.41) is 0. The zero-order valence-electron chi connectivity index (χ0n) is 38.8. The van der Waals surface area contributed by atoms with E-state index in [-0.39, 0.29) is 31.1 Å². The minimum Gasteiger partial charge on any atom is -0.462 e. The van der Waals surface area contributed by atoms with Gasteiger partial charge in [0, 0.05) is 19.3 Å². The van der Waals surface area contributed by atoms with Crippen LogP contribution in [0.15, 0.2) is 60.8 Å². The van der Waals surface area contributed by atoms with Crippen molar-refractivity contribution in [3.8, 4) is 0 Å². The van der Waals surface area contributed by atoms with Gasteiger partial charge in [0.25, 0.3) is 0 Å². The van der Waals surface area contributed by atoms with E-state index in [1.54, 1.807) is 0 Å². The van der Waals surface area contributed by atoms with Crippen LogP contribution < -0.4 is 0 Å². The van der Waals surface area contributed by atoms with Crippen LogP contribution >= 0.6 is 0 Å². The number of allylic oxidation sites excluding steroid dienone is 10. The van der Waals surface area contributed by atoms with Crippen molar-refractivity contribution in [1.82, 2.24) is 0 Å². The monoisotopic (exact) mass is 825 g/mol. The molecular weight excluding hydrogens is 733 g/mol. The fourth-order valence-corrected chi connectivity index (χ4v) is 6.78. The molecule has 0 radical (unpaired) electrons. The summed E-state index contributed by atoms with van der Waals surface area (Å²) in [4.78, 5) is 37.9. The normalized spacial score (nSPS) is 12.5. The Labute approximate surface area is 364 Å². The number of hydrogen-bond acceptors (Lipinski definition) is 6. The van der Waals surface area contributed by atoms with Gasteiger partial charge in [-0.25, -0.2) is 0 Å². The first kappa shape index (κ1) is 56.1. The first-order valence-corrected chi connectivity index (χ1v) is 24.8. The number of unbranched alkanes of at least 4 members (excludes halogenated alkanes) is 23. The van der Waals surface area contributed by atoms with E-state index in [0.717, 1.165) is 96.3 Å². The van der Waals surface area contributed by atoms with E-state index < -0.39 is 6.10 Å². The molecule has 340 valence electrons. The van der Waals surface area contributed by atoms with Crippen LogP contribution in [0.5, 0.6) is 0 Å². The molecule has 6 heteroatoms. The molecule has 0 amide bonds. The SMILES string of the molecule is CC/C=C\C/C=C\C/C=C\C/C=C\CCCCC(=O)OCC(COC(=O)CCCCCCCCCCCCCCC)OC(=O)CCCCCCC/C=C\CCCCCC. The number of rotatable bonds is 44. The summed E-state index contributed by atoms with van der Waals surface area (Å²) in [5.74, 6) is -0.939. The topological polar surface area (TPSA) is 78.9 Å². The highest BCUT2D eigenvalue weighted by Gasteiger charge is 2.19. The van der Waals surface area contributed by atoms with Crippen LogP contribution in [0.3, 0.4) is 0 Å². The average molecular weight is 825 g/mol. The lowest BCUT2D eigenvalue weighted by atomic mass is 10.0. The molecule has 0 aliphatic heterocycles. The highest BCUT2D eigenvalue weighted by molar-refractivity contribution is 5.71. The van der Waals surface area contributed by atoms with Gasteiger partial charge in [0.05, 0.1) is 0 Å². The largest absolute Gasteiger partial charge is 0.462 e. The maximum absolute atomic E-state index is 12.8. The van der Waals surface area contributed by atoms with Crippen LogP contribution in [0.4, 0.5) is 0 Å². The van der Waals surface area contributed by atoms with Crippen molar-refractivity contribution < 1.29 is 28.6 Å². The number of carbonyl (C=O) groups excluding carboxylic acids is 3. The van der Waals surface area contributed by atoms with Gasteiger partial charge >= 0.3 is 17.9 Å². The fraction of sp³-hybridized carbons (Fsp3) is 0.755. The molecule has 0 aliphatic carbocycles. The fourth-order valence-electron chi connectivity index (χ4n) is 6.78. The van der Waals surface area contributed by atoms with E-state index in [2.05, 4.69) is 81.5 Å². The Morgan fingerprint density at radius 1 is 0.356 bits per heavy atom. The van der Waals surface area contributed by atoms with E-state index in [4.69, 9.17) is 14.2 Å². The predicted octanol–water partition coefficient (Wildman–Crippen LogP) is 16.1. The van der Waals surface area contributed by atoms with Crippen molar-refractivity contribution in [3.63, 3.8) is 0 Å². The summed E-state index contributed by atoms with van der Waals surface area (Å²) in [6.07, 6.45) is 57.7. The summed E-state index contributed by atoms with van der Waals surface area (Å²) in [6.45, 7) is 6.46. The van der Waals surface area contributed by atoms with Crippen molar-refractivity contribution in [2.75, 3.05) is 13.2 Å². The van der Waals surface area contributed by atoms with Crippen LogP contribution in [-0.2, 0) is 28.6 Å². The number of hydrogen-bond donors (Lipinski definition) is 0. The molecule has 0 heterocycles. The van der Waals surface area contributed by atoms with Gasteiger partial charge in [-0.15, -0.1) is 0 Å². The quantitative estimate of drug-likeness (QED) is 0.0263. The lowest BCUT2D eigenvalue weighted by Crippen LogP contribution is -2.30. The molecule has 0 fully saturated rings. The lowest BCUT2D eigenvalue weighted by Gasteiger charge is -2.18. The van der Waals surface area contributed by atoms with E-state index in [9.17, 15) is 14.4 Å². The summed E-state index contributed by atoms with van der Waals surface area (Å²) < 4.78 is 16.7. The van der Waals surface area contributed by atoms with Crippen molar-refractivity contribution >= 4 is 17.9 Å². The van der Waals surface area contributed by atoms with Gasteiger partial charge in [-0.2, -0.15) is 0 Å². The Balaban J connectivity index is 4.45. The van der Waals surface area contributed by atoms with Crippen molar-refractivity contribution in [2.24, 2.45) is 0 Å². The Bertz CT molecular complexity index is 1090. The summed E-state index contributed by atoms with van der Waals surface area (Å²) in [5.41, 5.74) is 0. The van der Waals surface area contributed by atoms with Gasteiger partial charge in [0.1, 0.15) is 13.2 Å². The van der Waals surface area contributed by atoms with Crippen molar-refractivity contribution in [1.29, 1.82) is 0 Å². The molecule has 0 rings (SSSR count). The van der Waals surface area contributed by atoms with Crippen molar-refractivity contribution in [2.45, 2.75) is 245 Å². The Hall–Kier alpha value is -2.89. The first-order valence-electron chi connectivity index (χ1n) is 24.8. The van der Waals surface area contributed by atoms with E-state index in [1.165, 1.54) is 103 Å². The van der Waals surface area contributed by atoms with Crippen LogP contribution in [0.2, 0.25) is 0 Å². The maximum Gasteiger partial charge on any atom is 0.306 e. The van der Waals surface area contributed by atoms with Crippen LogP contribution in [0.1, 0.15) is 239 Å². The molecule has 6 nitrogen and oxygen atoms in total. The first-order chi connectivity index (χ1) is 29.0. The molecule has 0 saturated heterocycles. The molecule has 1 unspecified atom stereocenters. The second kappa shape index (κ2) is 47.8. The Morgan fingerprint density at radius 3 is 1.10 bits per heavy atom. The van der Waals surface area contributed by atoms with E-state index >= 15 is 0 Å². The molecule has 0 N–H and O–H groups in total. The van der Waals surface area contributed by atoms with Gasteiger partial charge in [0.2, 0.25) is 0 Å². The zero-order chi connectivity index (χ0) is 43.0. The molecule has 0 spiro atoms. The predicted molar refractivity (Wildman–Crippen MR) is 251 cm³/mol. The van der Waals surface area contributed by atoms with E-state index in [0.29, 0.717) is 19.3 Å². The second-order valence-electron chi connectivity index (χ2n) is 16.3. The molecule has 0 aromatic rings. The Kier molecular flexibility index (Phi) is 45.4. The van der Waals surface area contributed by atoms with Gasteiger partial charge in [-0.05, 0) is 83.5 Å². The molecule has 59 heavy (non-hydrogen) atoms. The standard InChI is InChI=1S/C53H92O6/c1-4-7-10-13-16-19-22-25-26-29-31-34-37-40-43-46-52(55)58-49-50(59-53(56)47-44-41-38-35-32-28-24-21-18-15-12-9-6-3)48-57-51(54)45-42-39-36-33-30-27-23-20-17-14-11-8-5-2/h7,10,16,19,21,24-26,31,34,50H,4-6,8-9,11-15,17-18,20,22-23,27-30,32-33,35-49H2,1-3H3/b10-7-,19-16-,24-21-,26-25-,34-31-. The van der Waals surface area contributed by atoms with E-state index in [1.807, 2.05) is 0 Å². The number of carbonyl (C=O) groups is 3. The highest BCUT2D eigenvalue weighted by Crippen LogP contribution is 2.14. The van der Waals surface area contributed by atoms with Crippen LogP contribution in [-0.4, -0.2) is 37.2 Å². The molecule has 0 saturated carbocycles. The summed E-state index contributed by atoms with van der Waals surface area (Å²) in [7, 11) is 0. The van der Waals surface area contributed by atoms with Crippen LogP contribution in [0.25, 0.3) is 0 Å². The molecular formula is C53H92O6. The molecule has 1 atom stereocenters. The van der Waals surface area contributed by atoms with Gasteiger partial charge in [-0.1, -0.05) is 197 Å².